The van der Waals surface area contributed by atoms with Gasteiger partial charge in [-0.05, 0) is 43.7 Å². The molecule has 2 aromatic carbocycles. The Morgan fingerprint density at radius 2 is 1.80 bits per heavy atom. The molecule has 20 heavy (non-hydrogen) atoms. The molecule has 0 aromatic heterocycles. The Balaban J connectivity index is 2.38. The number of nitrogens with one attached hydrogen (secondary N) is 1. The van der Waals surface area contributed by atoms with Gasteiger partial charge in [0.25, 0.3) is 10.0 Å². The van der Waals surface area contributed by atoms with E-state index in [1.54, 1.807) is 31.2 Å². The molecule has 0 unspecified atom stereocenters. The first-order valence-corrected chi connectivity index (χ1v) is 7.81. The van der Waals surface area contributed by atoms with Crippen LogP contribution >= 0.6 is 11.6 Å². The number of hydrogen-bond acceptors (Lipinski definition) is 3. The number of hydrogen-bond donors (Lipinski definition) is 2. The molecule has 0 saturated heterocycles. The van der Waals surface area contributed by atoms with Crippen LogP contribution in [0.5, 0.6) is 0 Å². The highest BCUT2D eigenvalue weighted by molar-refractivity contribution is 7.92. The van der Waals surface area contributed by atoms with Gasteiger partial charge in [0, 0.05) is 0 Å². The molecular weight excluding hydrogens is 296 g/mol. The summed E-state index contributed by atoms with van der Waals surface area (Å²) in [5.41, 5.74) is 8.07. The first-order valence-electron chi connectivity index (χ1n) is 5.95. The van der Waals surface area contributed by atoms with Gasteiger partial charge in [0.1, 0.15) is 0 Å². The fourth-order valence-corrected chi connectivity index (χ4v) is 3.31. The van der Waals surface area contributed by atoms with Gasteiger partial charge in [-0.2, -0.15) is 0 Å². The molecular formula is C14H15ClN2O2S. The first-order chi connectivity index (χ1) is 9.29. The molecule has 4 nitrogen and oxygen atoms in total. The first kappa shape index (κ1) is 14.7. The Morgan fingerprint density at radius 1 is 1.10 bits per heavy atom. The molecule has 0 amide bonds. The van der Waals surface area contributed by atoms with E-state index in [1.807, 2.05) is 13.0 Å². The number of halogens is 1. The van der Waals surface area contributed by atoms with Crippen molar-refractivity contribution in [2.24, 2.45) is 0 Å². The molecule has 0 fully saturated rings. The van der Waals surface area contributed by atoms with Gasteiger partial charge in [-0.1, -0.05) is 29.3 Å². The highest BCUT2D eigenvalue weighted by Crippen LogP contribution is 2.25. The predicted octanol–water partition coefficient (Wildman–Crippen LogP) is 3.34. The average Bonchev–Trinajstić information content (AvgIpc) is 2.33. The minimum atomic E-state index is -3.64. The third kappa shape index (κ3) is 3.05. The summed E-state index contributed by atoms with van der Waals surface area (Å²) in [6.07, 6.45) is 0. The lowest BCUT2D eigenvalue weighted by atomic mass is 10.2. The standard InChI is InChI=1S/C14H15ClN2O2S/c1-9-3-6-14(10(2)7-9)20(18,19)17-11-4-5-12(15)13(16)8-11/h3-8,17H,16H2,1-2H3. The topological polar surface area (TPSA) is 72.2 Å². The zero-order valence-corrected chi connectivity index (χ0v) is 12.7. The van der Waals surface area contributed by atoms with Crippen molar-refractivity contribution in [1.29, 1.82) is 0 Å². The summed E-state index contributed by atoms with van der Waals surface area (Å²) in [6, 6.07) is 9.79. The van der Waals surface area contributed by atoms with Crippen molar-refractivity contribution >= 4 is 33.0 Å². The van der Waals surface area contributed by atoms with Crippen molar-refractivity contribution in [2.45, 2.75) is 18.7 Å². The van der Waals surface area contributed by atoms with Gasteiger partial charge < -0.3 is 5.73 Å². The van der Waals surface area contributed by atoms with Gasteiger partial charge in [-0.3, -0.25) is 4.72 Å². The van der Waals surface area contributed by atoms with E-state index in [0.717, 1.165) is 5.56 Å². The second-order valence-electron chi connectivity index (χ2n) is 4.61. The van der Waals surface area contributed by atoms with Crippen LogP contribution in [0.4, 0.5) is 11.4 Å². The summed E-state index contributed by atoms with van der Waals surface area (Å²) in [4.78, 5) is 0.247. The van der Waals surface area contributed by atoms with E-state index in [1.165, 1.54) is 6.07 Å². The van der Waals surface area contributed by atoms with Crippen molar-refractivity contribution in [3.05, 3.63) is 52.5 Å². The van der Waals surface area contributed by atoms with Crippen LogP contribution in [0, 0.1) is 13.8 Å². The van der Waals surface area contributed by atoms with Crippen molar-refractivity contribution in [2.75, 3.05) is 10.5 Å². The third-order valence-electron chi connectivity index (χ3n) is 2.87. The Hall–Kier alpha value is -1.72. The average molecular weight is 311 g/mol. The van der Waals surface area contributed by atoms with Crippen molar-refractivity contribution in [3.63, 3.8) is 0 Å². The molecule has 0 aliphatic heterocycles. The van der Waals surface area contributed by atoms with E-state index in [9.17, 15) is 8.42 Å². The number of nitrogen functional groups attached to an aromatic ring is 1. The van der Waals surface area contributed by atoms with Crippen LogP contribution in [0.3, 0.4) is 0 Å². The molecule has 2 aromatic rings. The summed E-state index contributed by atoms with van der Waals surface area (Å²) < 4.78 is 27.2. The number of aryl methyl sites for hydroxylation is 2. The monoisotopic (exact) mass is 310 g/mol. The normalized spacial score (nSPS) is 11.3. The Bertz CT molecular complexity index is 758. The number of sulfonamides is 1. The van der Waals surface area contributed by atoms with Crippen LogP contribution in [-0.2, 0) is 10.0 Å². The number of nitrogens with two attached hydrogens (primary N) is 1. The maximum atomic E-state index is 12.3. The van der Waals surface area contributed by atoms with Crippen LogP contribution in [0.2, 0.25) is 5.02 Å². The van der Waals surface area contributed by atoms with Gasteiger partial charge in [-0.15, -0.1) is 0 Å². The maximum absolute atomic E-state index is 12.3. The fourth-order valence-electron chi connectivity index (χ4n) is 1.92. The Kier molecular flexibility index (Phi) is 3.92. The van der Waals surface area contributed by atoms with Gasteiger partial charge in [0.05, 0.1) is 21.3 Å². The lowest BCUT2D eigenvalue weighted by molar-refractivity contribution is 0.600. The van der Waals surface area contributed by atoms with E-state index in [4.69, 9.17) is 17.3 Å². The van der Waals surface area contributed by atoms with E-state index in [-0.39, 0.29) is 4.90 Å². The van der Waals surface area contributed by atoms with Gasteiger partial charge >= 0.3 is 0 Å². The quantitative estimate of drug-likeness (QED) is 0.854. The summed E-state index contributed by atoms with van der Waals surface area (Å²) >= 11 is 5.81. The summed E-state index contributed by atoms with van der Waals surface area (Å²) in [6.45, 7) is 3.68. The largest absolute Gasteiger partial charge is 0.397 e. The van der Waals surface area contributed by atoms with E-state index in [2.05, 4.69) is 4.72 Å². The van der Waals surface area contributed by atoms with Crippen LogP contribution < -0.4 is 10.5 Å². The Labute approximate surface area is 123 Å². The number of rotatable bonds is 3. The lowest BCUT2D eigenvalue weighted by Gasteiger charge is -2.11. The van der Waals surface area contributed by atoms with Gasteiger partial charge in [0.2, 0.25) is 0 Å². The molecule has 2 rings (SSSR count). The lowest BCUT2D eigenvalue weighted by Crippen LogP contribution is -2.14. The molecule has 0 atom stereocenters. The van der Waals surface area contributed by atoms with E-state index in [0.29, 0.717) is 22.0 Å². The number of anilines is 2. The summed E-state index contributed by atoms with van der Waals surface area (Å²) in [5.74, 6) is 0. The zero-order valence-electron chi connectivity index (χ0n) is 11.1. The number of benzene rings is 2. The SMILES string of the molecule is Cc1ccc(S(=O)(=O)Nc2ccc(Cl)c(N)c2)c(C)c1. The zero-order chi connectivity index (χ0) is 14.9. The molecule has 3 N–H and O–H groups in total. The second kappa shape index (κ2) is 5.34. The van der Waals surface area contributed by atoms with Crippen LogP contribution in [-0.4, -0.2) is 8.42 Å². The minimum Gasteiger partial charge on any atom is -0.397 e. The minimum absolute atomic E-state index is 0.247. The van der Waals surface area contributed by atoms with Crippen LogP contribution in [0.1, 0.15) is 11.1 Å². The highest BCUT2D eigenvalue weighted by Gasteiger charge is 2.17. The summed E-state index contributed by atoms with van der Waals surface area (Å²) in [7, 11) is -3.64. The molecule has 6 heteroatoms. The van der Waals surface area contributed by atoms with E-state index < -0.39 is 10.0 Å². The fraction of sp³-hybridized carbons (Fsp3) is 0.143. The van der Waals surface area contributed by atoms with Gasteiger partial charge in [-0.25, -0.2) is 8.42 Å². The summed E-state index contributed by atoms with van der Waals surface area (Å²) in [5, 5.41) is 0.388. The third-order valence-corrected chi connectivity index (χ3v) is 4.75. The molecule has 0 saturated carbocycles. The second-order valence-corrected chi connectivity index (χ2v) is 6.67. The molecule has 0 aliphatic carbocycles. The molecule has 0 bridgehead atoms. The van der Waals surface area contributed by atoms with Crippen LogP contribution in [0.15, 0.2) is 41.3 Å². The van der Waals surface area contributed by atoms with Crippen molar-refractivity contribution in [3.8, 4) is 0 Å². The Morgan fingerprint density at radius 3 is 2.40 bits per heavy atom. The predicted molar refractivity (Wildman–Crippen MR) is 82.6 cm³/mol. The molecule has 0 spiro atoms. The molecule has 0 heterocycles. The van der Waals surface area contributed by atoms with Crippen molar-refractivity contribution in [1.82, 2.24) is 0 Å². The molecule has 0 radical (unpaired) electrons. The molecule has 106 valence electrons. The molecule has 0 aliphatic rings. The highest BCUT2D eigenvalue weighted by atomic mass is 35.5. The smallest absolute Gasteiger partial charge is 0.262 e. The van der Waals surface area contributed by atoms with Gasteiger partial charge in [0.15, 0.2) is 0 Å². The van der Waals surface area contributed by atoms with Crippen LogP contribution in [0.25, 0.3) is 0 Å². The van der Waals surface area contributed by atoms with E-state index >= 15 is 0 Å². The maximum Gasteiger partial charge on any atom is 0.262 e. The van der Waals surface area contributed by atoms with Crippen molar-refractivity contribution < 1.29 is 8.42 Å².